The van der Waals surface area contributed by atoms with Gasteiger partial charge in [0.15, 0.2) is 11.5 Å². The lowest BCUT2D eigenvalue weighted by Gasteiger charge is -2.23. The summed E-state index contributed by atoms with van der Waals surface area (Å²) in [6.45, 7) is 5.93. The molecule has 6 nitrogen and oxygen atoms in total. The molecule has 332 valence electrons. The molecule has 0 atom stereocenters. The molecule has 0 saturated heterocycles. The molecule has 2 aromatic rings. The van der Waals surface area contributed by atoms with Crippen LogP contribution in [0.5, 0.6) is 11.5 Å². The van der Waals surface area contributed by atoms with Crippen molar-refractivity contribution in [2.75, 3.05) is 13.1 Å². The van der Waals surface area contributed by atoms with Crippen molar-refractivity contribution in [3.05, 3.63) is 36.4 Å². The Morgan fingerprint density at radius 1 is 0.431 bits per heavy atom. The monoisotopic (exact) mass is 807 g/mol. The molecule has 0 bridgehead atoms. The molecule has 0 unspecified atom stereocenters. The number of nitrogens with two attached hydrogens (primary N) is 1. The zero-order chi connectivity index (χ0) is 41.6. The first-order chi connectivity index (χ1) is 28.6. The Labute approximate surface area is 357 Å². The fourth-order valence-corrected chi connectivity index (χ4v) is 8.37. The van der Waals surface area contributed by atoms with Gasteiger partial charge in [-0.25, -0.2) is 9.59 Å². The Morgan fingerprint density at radius 3 is 1.10 bits per heavy atom. The van der Waals surface area contributed by atoms with Crippen molar-refractivity contribution >= 4 is 23.0 Å². The summed E-state index contributed by atoms with van der Waals surface area (Å²) in [7, 11) is 0. The number of benzene rings is 2. The van der Waals surface area contributed by atoms with Gasteiger partial charge in [-0.05, 0) is 24.3 Å². The molecule has 2 N–H and O–H groups in total. The van der Waals surface area contributed by atoms with Gasteiger partial charge in [0.25, 0.3) is 0 Å². The molecule has 6 heteroatoms. The molecule has 0 aliphatic rings. The van der Waals surface area contributed by atoms with Gasteiger partial charge < -0.3 is 20.1 Å². The highest BCUT2D eigenvalue weighted by atomic mass is 16.6. The van der Waals surface area contributed by atoms with Crippen LogP contribution >= 0.6 is 0 Å². The predicted molar refractivity (Wildman–Crippen MR) is 249 cm³/mol. The second kappa shape index (κ2) is 37.3. The number of amides is 2. The van der Waals surface area contributed by atoms with E-state index in [0.717, 1.165) is 36.5 Å². The number of carbonyl (C=O) groups excluding carboxylic acids is 2. The molecule has 0 fully saturated rings. The third kappa shape index (κ3) is 27.1. The SMILES string of the molecule is CCCCCCCCCCCCCCCCCCCCN(CCCCCCCCCCCCCCCCCCCC)C(=O)Oc1c(OC(N)=O)ccc2ccccc12. The summed E-state index contributed by atoms with van der Waals surface area (Å²) >= 11 is 0. The molecule has 0 aliphatic heterocycles. The Morgan fingerprint density at radius 2 is 0.759 bits per heavy atom. The zero-order valence-corrected chi connectivity index (χ0v) is 38.0. The number of unbranched alkanes of at least 4 members (excludes halogenated alkanes) is 34. The minimum absolute atomic E-state index is 0.167. The van der Waals surface area contributed by atoms with E-state index >= 15 is 0 Å². The summed E-state index contributed by atoms with van der Waals surface area (Å²) in [6.07, 6.45) is 46.8. The van der Waals surface area contributed by atoms with Crippen LogP contribution in [-0.4, -0.2) is 30.2 Å². The van der Waals surface area contributed by atoms with Gasteiger partial charge in [-0.1, -0.05) is 262 Å². The van der Waals surface area contributed by atoms with Crippen LogP contribution in [-0.2, 0) is 0 Å². The van der Waals surface area contributed by atoms with Gasteiger partial charge in [-0.2, -0.15) is 0 Å². The summed E-state index contributed by atoms with van der Waals surface area (Å²) < 4.78 is 11.3. The number of hydrogen-bond acceptors (Lipinski definition) is 4. The molecular formula is C52H90N2O4. The molecule has 2 amide bonds. The largest absolute Gasteiger partial charge is 0.415 e. The van der Waals surface area contributed by atoms with E-state index in [2.05, 4.69) is 13.8 Å². The van der Waals surface area contributed by atoms with Gasteiger partial charge in [0, 0.05) is 18.5 Å². The number of hydrogen-bond donors (Lipinski definition) is 1. The van der Waals surface area contributed by atoms with Crippen LogP contribution in [0, 0.1) is 0 Å². The maximum absolute atomic E-state index is 13.8. The molecule has 58 heavy (non-hydrogen) atoms. The van der Waals surface area contributed by atoms with E-state index in [0.29, 0.717) is 13.1 Å². The first-order valence-electron chi connectivity index (χ1n) is 25.0. The van der Waals surface area contributed by atoms with Crippen molar-refractivity contribution in [3.63, 3.8) is 0 Å². The molecule has 0 saturated carbocycles. The second-order valence-corrected chi connectivity index (χ2v) is 17.4. The predicted octanol–water partition coefficient (Wildman–Crippen LogP) is 17.2. The summed E-state index contributed by atoms with van der Waals surface area (Å²) in [6, 6.07) is 11.2. The minimum atomic E-state index is -0.929. The van der Waals surface area contributed by atoms with Gasteiger partial charge in [0.1, 0.15) is 0 Å². The summed E-state index contributed by atoms with van der Waals surface area (Å²) in [5.41, 5.74) is 5.38. The first-order valence-corrected chi connectivity index (χ1v) is 25.0. The summed E-state index contributed by atoms with van der Waals surface area (Å²) in [5.74, 6) is 0.420. The molecular weight excluding hydrogens is 717 g/mol. The standard InChI is InChI=1S/C52H90N2O4/c1-3-5-7-9-11-13-15-17-19-21-23-25-27-29-31-33-35-39-45-54(52(56)58-50-48-42-38-37-41-47(48)43-44-49(50)57-51(53)55)46-40-36-34-32-30-28-26-24-22-20-18-16-14-12-10-8-6-4-2/h37-38,41-44H,3-36,39-40,45-46H2,1-2H3,(H2,53,55). The van der Waals surface area contributed by atoms with E-state index in [1.54, 1.807) is 6.07 Å². The van der Waals surface area contributed by atoms with Crippen LogP contribution in [0.2, 0.25) is 0 Å². The molecule has 0 spiro atoms. The number of fused-ring (bicyclic) bond motifs is 1. The van der Waals surface area contributed by atoms with Crippen LogP contribution < -0.4 is 15.2 Å². The average Bonchev–Trinajstić information content (AvgIpc) is 3.22. The van der Waals surface area contributed by atoms with Crippen LogP contribution in [0.4, 0.5) is 9.59 Å². The highest BCUT2D eigenvalue weighted by Crippen LogP contribution is 2.36. The Hall–Kier alpha value is -2.76. The number of carbonyl (C=O) groups is 2. The van der Waals surface area contributed by atoms with Gasteiger partial charge in [0.05, 0.1) is 0 Å². The molecule has 0 radical (unpaired) electrons. The fraction of sp³-hybridized carbons (Fsp3) is 0.769. The van der Waals surface area contributed by atoms with Crippen LogP contribution in [0.15, 0.2) is 36.4 Å². The molecule has 0 aliphatic carbocycles. The van der Waals surface area contributed by atoms with Crippen molar-refractivity contribution in [2.45, 2.75) is 245 Å². The number of rotatable bonds is 40. The minimum Gasteiger partial charge on any atom is -0.406 e. The van der Waals surface area contributed by atoms with E-state index < -0.39 is 6.09 Å². The maximum Gasteiger partial charge on any atom is 0.415 e. The number of ether oxygens (including phenoxy) is 2. The van der Waals surface area contributed by atoms with E-state index in [4.69, 9.17) is 15.2 Å². The second-order valence-electron chi connectivity index (χ2n) is 17.4. The van der Waals surface area contributed by atoms with Crippen molar-refractivity contribution in [3.8, 4) is 11.5 Å². The lowest BCUT2D eigenvalue weighted by atomic mass is 10.0. The van der Waals surface area contributed by atoms with Crippen molar-refractivity contribution < 1.29 is 19.1 Å². The molecule has 2 rings (SSSR count). The van der Waals surface area contributed by atoms with E-state index in [-0.39, 0.29) is 17.6 Å². The van der Waals surface area contributed by atoms with Gasteiger partial charge >= 0.3 is 12.2 Å². The molecule has 2 aromatic carbocycles. The summed E-state index contributed by atoms with van der Waals surface area (Å²) in [5, 5.41) is 1.62. The maximum atomic E-state index is 13.8. The smallest absolute Gasteiger partial charge is 0.406 e. The highest BCUT2D eigenvalue weighted by Gasteiger charge is 2.21. The van der Waals surface area contributed by atoms with Crippen LogP contribution in [0.25, 0.3) is 10.8 Å². The quantitative estimate of drug-likeness (QED) is 0.0680. The lowest BCUT2D eigenvalue weighted by Crippen LogP contribution is -2.35. The normalized spacial score (nSPS) is 11.3. The fourth-order valence-electron chi connectivity index (χ4n) is 8.37. The third-order valence-corrected chi connectivity index (χ3v) is 12.1. The highest BCUT2D eigenvalue weighted by molar-refractivity contribution is 5.93. The van der Waals surface area contributed by atoms with E-state index in [1.807, 2.05) is 35.2 Å². The summed E-state index contributed by atoms with van der Waals surface area (Å²) in [4.78, 5) is 27.3. The lowest BCUT2D eigenvalue weighted by molar-refractivity contribution is 0.148. The van der Waals surface area contributed by atoms with Crippen molar-refractivity contribution in [1.29, 1.82) is 0 Å². The Balaban J connectivity index is 1.67. The van der Waals surface area contributed by atoms with Crippen molar-refractivity contribution in [2.24, 2.45) is 5.73 Å². The zero-order valence-electron chi connectivity index (χ0n) is 38.0. The topological polar surface area (TPSA) is 81.9 Å². The van der Waals surface area contributed by atoms with Gasteiger partial charge in [0.2, 0.25) is 0 Å². The Kier molecular flexibility index (Phi) is 33.0. The van der Waals surface area contributed by atoms with E-state index in [1.165, 1.54) is 205 Å². The van der Waals surface area contributed by atoms with Crippen LogP contribution in [0.1, 0.15) is 245 Å². The molecule has 0 heterocycles. The molecule has 0 aromatic heterocycles. The van der Waals surface area contributed by atoms with Crippen LogP contribution in [0.3, 0.4) is 0 Å². The third-order valence-electron chi connectivity index (χ3n) is 12.1. The number of primary amides is 1. The number of nitrogens with zero attached hydrogens (tertiary/aromatic N) is 1. The van der Waals surface area contributed by atoms with Gasteiger partial charge in [-0.3, -0.25) is 0 Å². The first kappa shape index (κ1) is 51.4. The van der Waals surface area contributed by atoms with Gasteiger partial charge in [-0.15, -0.1) is 0 Å². The average molecular weight is 807 g/mol. The Bertz CT molecular complexity index is 1230. The van der Waals surface area contributed by atoms with E-state index in [9.17, 15) is 9.59 Å². The van der Waals surface area contributed by atoms with Crippen molar-refractivity contribution in [1.82, 2.24) is 4.90 Å².